The second-order valence-corrected chi connectivity index (χ2v) is 6.15. The number of hydrogen-bond donors (Lipinski definition) is 2. The molecule has 3 rings (SSSR count). The molecule has 2 atom stereocenters. The zero-order valence-electron chi connectivity index (χ0n) is 11.1. The third-order valence-electron chi connectivity index (χ3n) is 3.70. The highest BCUT2D eigenvalue weighted by Gasteiger charge is 2.27. The molecule has 2 aromatic rings. The third-order valence-corrected chi connectivity index (χ3v) is 4.52. The molecular weight excluding hydrogens is 254 g/mol. The van der Waals surface area contributed by atoms with Gasteiger partial charge in [0.1, 0.15) is 0 Å². The number of nitrogens with zero attached hydrogens (tertiary/aromatic N) is 1. The summed E-state index contributed by atoms with van der Waals surface area (Å²) in [5.41, 5.74) is 10.0. The van der Waals surface area contributed by atoms with Crippen molar-refractivity contribution < 1.29 is 0 Å². The molecule has 0 radical (unpaired) electrons. The normalized spacial score (nSPS) is 21.6. The van der Waals surface area contributed by atoms with E-state index in [4.69, 9.17) is 5.73 Å². The lowest BCUT2D eigenvalue weighted by Crippen LogP contribution is -2.22. The van der Waals surface area contributed by atoms with Gasteiger partial charge in [0.05, 0.1) is 10.7 Å². The zero-order valence-corrected chi connectivity index (χ0v) is 11.9. The average molecular weight is 273 g/mol. The molecule has 0 fully saturated rings. The van der Waals surface area contributed by atoms with Gasteiger partial charge in [0, 0.05) is 30.4 Å². The molecule has 0 saturated carbocycles. The molecule has 0 amide bonds. The molecule has 0 bridgehead atoms. The summed E-state index contributed by atoms with van der Waals surface area (Å²) in [6.07, 6.45) is 1.98. The fraction of sp³-hybridized carbons (Fsp3) is 0.400. The molecule has 0 spiro atoms. The van der Waals surface area contributed by atoms with Gasteiger partial charge in [-0.05, 0) is 24.5 Å². The van der Waals surface area contributed by atoms with Gasteiger partial charge in [-0.2, -0.15) is 0 Å². The summed E-state index contributed by atoms with van der Waals surface area (Å²) in [5, 5.41) is 6.90. The van der Waals surface area contributed by atoms with Crippen LogP contribution in [-0.4, -0.2) is 11.5 Å². The molecule has 19 heavy (non-hydrogen) atoms. The molecule has 100 valence electrons. The highest BCUT2D eigenvalue weighted by atomic mass is 32.1. The number of nitrogens with one attached hydrogen (secondary N) is 1. The maximum Gasteiger partial charge on any atom is 0.0897 e. The smallest absolute Gasteiger partial charge is 0.0897 e. The Labute approximate surface area is 117 Å². The van der Waals surface area contributed by atoms with Gasteiger partial charge in [0.15, 0.2) is 0 Å². The van der Waals surface area contributed by atoms with E-state index in [2.05, 4.69) is 39.9 Å². The third kappa shape index (κ3) is 2.71. The van der Waals surface area contributed by atoms with Crippen molar-refractivity contribution in [2.45, 2.75) is 31.8 Å². The lowest BCUT2D eigenvalue weighted by molar-refractivity contribution is 0.501. The Balaban J connectivity index is 1.60. The highest BCUT2D eigenvalue weighted by Crippen LogP contribution is 2.36. The van der Waals surface area contributed by atoms with E-state index in [1.165, 1.54) is 16.8 Å². The van der Waals surface area contributed by atoms with Gasteiger partial charge >= 0.3 is 0 Å². The molecule has 0 saturated heterocycles. The van der Waals surface area contributed by atoms with E-state index in [0.717, 1.165) is 24.4 Å². The molecular formula is C15H19N3S. The monoisotopic (exact) mass is 273 g/mol. The van der Waals surface area contributed by atoms with Crippen molar-refractivity contribution >= 4 is 11.3 Å². The van der Waals surface area contributed by atoms with E-state index >= 15 is 0 Å². The van der Waals surface area contributed by atoms with E-state index in [1.807, 2.05) is 6.92 Å². The van der Waals surface area contributed by atoms with Gasteiger partial charge in [-0.15, -0.1) is 11.3 Å². The fourth-order valence-electron chi connectivity index (χ4n) is 2.76. The van der Waals surface area contributed by atoms with Gasteiger partial charge in [0.25, 0.3) is 0 Å². The second-order valence-electron chi connectivity index (χ2n) is 5.09. The summed E-state index contributed by atoms with van der Waals surface area (Å²) in [7, 11) is 0. The standard InChI is InChI=1S/C15H19N3S/c1-10-18-11(9-19-10)6-7-17-15-8-14(16)12-4-2-3-5-13(12)15/h2-5,9,14-15,17H,6-8,16H2,1H3. The summed E-state index contributed by atoms with van der Waals surface area (Å²) >= 11 is 1.72. The van der Waals surface area contributed by atoms with Crippen LogP contribution in [0.15, 0.2) is 29.6 Å². The average Bonchev–Trinajstić information content (AvgIpc) is 2.96. The molecule has 1 aromatic carbocycles. The zero-order chi connectivity index (χ0) is 13.2. The number of nitrogens with two attached hydrogens (primary N) is 1. The summed E-state index contributed by atoms with van der Waals surface area (Å²) < 4.78 is 0. The van der Waals surface area contributed by atoms with Crippen LogP contribution in [0.2, 0.25) is 0 Å². The predicted molar refractivity (Wildman–Crippen MR) is 79.3 cm³/mol. The van der Waals surface area contributed by atoms with Crippen LogP contribution in [0.25, 0.3) is 0 Å². The van der Waals surface area contributed by atoms with E-state index < -0.39 is 0 Å². The van der Waals surface area contributed by atoms with Crippen LogP contribution in [0.1, 0.15) is 40.3 Å². The van der Waals surface area contributed by atoms with Crippen LogP contribution >= 0.6 is 11.3 Å². The van der Waals surface area contributed by atoms with Crippen molar-refractivity contribution in [2.24, 2.45) is 5.73 Å². The Morgan fingerprint density at radius 1 is 1.37 bits per heavy atom. The lowest BCUT2D eigenvalue weighted by atomic mass is 10.1. The Kier molecular flexibility index (Phi) is 3.64. The lowest BCUT2D eigenvalue weighted by Gasteiger charge is -2.13. The van der Waals surface area contributed by atoms with Crippen LogP contribution < -0.4 is 11.1 Å². The van der Waals surface area contributed by atoms with Crippen molar-refractivity contribution in [1.29, 1.82) is 0 Å². The van der Waals surface area contributed by atoms with Gasteiger partial charge in [-0.1, -0.05) is 24.3 Å². The molecule has 4 heteroatoms. The number of fused-ring (bicyclic) bond motifs is 1. The summed E-state index contributed by atoms with van der Waals surface area (Å²) in [6.45, 7) is 3.00. The van der Waals surface area contributed by atoms with Crippen LogP contribution in [-0.2, 0) is 6.42 Å². The van der Waals surface area contributed by atoms with E-state index in [-0.39, 0.29) is 6.04 Å². The second kappa shape index (κ2) is 5.41. The SMILES string of the molecule is Cc1nc(CCNC2CC(N)c3ccccc32)cs1. The molecule has 2 unspecified atom stereocenters. The first-order chi connectivity index (χ1) is 9.24. The molecule has 1 aromatic heterocycles. The number of aryl methyl sites for hydroxylation is 1. The van der Waals surface area contributed by atoms with Gasteiger partial charge in [-0.3, -0.25) is 0 Å². The first-order valence-corrected chi connectivity index (χ1v) is 7.61. The van der Waals surface area contributed by atoms with Crippen molar-refractivity contribution in [1.82, 2.24) is 10.3 Å². The first-order valence-electron chi connectivity index (χ1n) is 6.73. The largest absolute Gasteiger partial charge is 0.324 e. The minimum Gasteiger partial charge on any atom is -0.324 e. The fourth-order valence-corrected chi connectivity index (χ4v) is 3.41. The maximum absolute atomic E-state index is 6.17. The molecule has 0 aliphatic heterocycles. The predicted octanol–water partition coefficient (Wildman–Crippen LogP) is 2.73. The quantitative estimate of drug-likeness (QED) is 0.900. The number of aromatic nitrogens is 1. The number of benzene rings is 1. The van der Waals surface area contributed by atoms with Crippen molar-refractivity contribution in [2.75, 3.05) is 6.54 Å². The van der Waals surface area contributed by atoms with E-state index in [1.54, 1.807) is 11.3 Å². The summed E-state index contributed by atoms with van der Waals surface area (Å²) in [5.74, 6) is 0. The Morgan fingerprint density at radius 2 is 2.16 bits per heavy atom. The van der Waals surface area contributed by atoms with Crippen LogP contribution in [0, 0.1) is 6.92 Å². The summed E-state index contributed by atoms with van der Waals surface area (Å²) in [4.78, 5) is 4.49. The summed E-state index contributed by atoms with van der Waals surface area (Å²) in [6, 6.07) is 9.06. The van der Waals surface area contributed by atoms with Gasteiger partial charge < -0.3 is 11.1 Å². The van der Waals surface area contributed by atoms with Crippen LogP contribution in [0.5, 0.6) is 0 Å². The number of rotatable bonds is 4. The Morgan fingerprint density at radius 3 is 2.89 bits per heavy atom. The Bertz CT molecular complexity index is 564. The first kappa shape index (κ1) is 12.8. The van der Waals surface area contributed by atoms with E-state index in [0.29, 0.717) is 6.04 Å². The maximum atomic E-state index is 6.17. The van der Waals surface area contributed by atoms with Crippen molar-refractivity contribution in [3.05, 3.63) is 51.5 Å². The van der Waals surface area contributed by atoms with Gasteiger partial charge in [-0.25, -0.2) is 4.98 Å². The van der Waals surface area contributed by atoms with Crippen LogP contribution in [0.4, 0.5) is 0 Å². The molecule has 1 aliphatic carbocycles. The number of thiazole rings is 1. The topological polar surface area (TPSA) is 50.9 Å². The molecule has 1 aliphatic rings. The minimum atomic E-state index is 0.176. The number of hydrogen-bond acceptors (Lipinski definition) is 4. The van der Waals surface area contributed by atoms with Crippen molar-refractivity contribution in [3.63, 3.8) is 0 Å². The van der Waals surface area contributed by atoms with Crippen LogP contribution in [0.3, 0.4) is 0 Å². The minimum absolute atomic E-state index is 0.176. The molecule has 1 heterocycles. The molecule has 3 nitrogen and oxygen atoms in total. The van der Waals surface area contributed by atoms with E-state index in [9.17, 15) is 0 Å². The van der Waals surface area contributed by atoms with Crippen molar-refractivity contribution in [3.8, 4) is 0 Å². The van der Waals surface area contributed by atoms with Gasteiger partial charge in [0.2, 0.25) is 0 Å². The highest BCUT2D eigenvalue weighted by molar-refractivity contribution is 7.09. The Hall–Kier alpha value is -1.23. The molecule has 3 N–H and O–H groups in total.